The molecule has 4 nitrogen and oxygen atoms in total. The highest BCUT2D eigenvalue weighted by Crippen LogP contribution is 2.09. The van der Waals surface area contributed by atoms with E-state index in [-0.39, 0.29) is 6.10 Å². The molecule has 1 N–H and O–H groups in total. The monoisotopic (exact) mass is 228 g/mol. The molecule has 0 amide bonds. The van der Waals surface area contributed by atoms with Gasteiger partial charge in [0.1, 0.15) is 13.6 Å². The van der Waals surface area contributed by atoms with Gasteiger partial charge in [0.2, 0.25) is 0 Å². The Morgan fingerprint density at radius 3 is 1.88 bits per heavy atom. The van der Waals surface area contributed by atoms with Crippen molar-refractivity contribution in [2.24, 2.45) is 0 Å². The molecule has 1 unspecified atom stereocenters. The first-order valence-electron chi connectivity index (χ1n) is 5.01. The van der Waals surface area contributed by atoms with Crippen LogP contribution in [-0.4, -0.2) is 32.9 Å². The van der Waals surface area contributed by atoms with E-state index in [1.165, 1.54) is 0 Å². The lowest BCUT2D eigenvalue weighted by atomic mass is 10.1. The van der Waals surface area contributed by atoms with Crippen molar-refractivity contribution in [3.8, 4) is 0 Å². The zero-order valence-corrected chi connectivity index (χ0v) is 10.1. The molecular formula is C12H20O4. The normalized spacial score (nSPS) is 11.5. The molecule has 92 valence electrons. The maximum absolute atomic E-state index is 9.02. The van der Waals surface area contributed by atoms with Crippen molar-refractivity contribution in [1.82, 2.24) is 0 Å². The number of methoxy groups -OCH3 is 2. The van der Waals surface area contributed by atoms with Gasteiger partial charge in [-0.05, 0) is 12.5 Å². The maximum Gasteiger partial charge on any atom is 0.149 e. The first-order valence-corrected chi connectivity index (χ1v) is 5.01. The van der Waals surface area contributed by atoms with Gasteiger partial charge in [0, 0.05) is 14.2 Å². The molecule has 0 fully saturated rings. The van der Waals surface area contributed by atoms with Crippen LogP contribution in [0.2, 0.25) is 0 Å². The molecule has 0 heterocycles. The van der Waals surface area contributed by atoms with Crippen LogP contribution >= 0.6 is 0 Å². The zero-order chi connectivity index (χ0) is 12.2. The molecule has 0 aromatic heterocycles. The average molecular weight is 228 g/mol. The van der Waals surface area contributed by atoms with E-state index in [1.807, 2.05) is 30.3 Å². The van der Waals surface area contributed by atoms with Gasteiger partial charge >= 0.3 is 0 Å². The molecule has 0 bridgehead atoms. The minimum absolute atomic E-state index is 0.299. The number of ether oxygens (including phenoxy) is 3. The molecule has 4 heteroatoms. The molecule has 1 aromatic carbocycles. The summed E-state index contributed by atoms with van der Waals surface area (Å²) in [5.41, 5.74) is 0.970. The van der Waals surface area contributed by atoms with Crippen molar-refractivity contribution >= 4 is 0 Å². The Morgan fingerprint density at radius 2 is 1.56 bits per heavy atom. The number of benzene rings is 1. The summed E-state index contributed by atoms with van der Waals surface area (Å²) in [5.74, 6) is 0. The van der Waals surface area contributed by atoms with Crippen molar-refractivity contribution < 1.29 is 19.3 Å². The first-order chi connectivity index (χ1) is 7.72. The van der Waals surface area contributed by atoms with E-state index < -0.39 is 0 Å². The van der Waals surface area contributed by atoms with Crippen molar-refractivity contribution in [3.05, 3.63) is 35.9 Å². The smallest absolute Gasteiger partial charge is 0.149 e. The summed E-state index contributed by atoms with van der Waals surface area (Å²) < 4.78 is 13.8. The lowest BCUT2D eigenvalue weighted by Gasteiger charge is -2.00. The van der Waals surface area contributed by atoms with Crippen LogP contribution in [0, 0.1) is 0 Å². The molecule has 0 spiro atoms. The van der Waals surface area contributed by atoms with Crippen molar-refractivity contribution in [1.29, 1.82) is 0 Å². The van der Waals surface area contributed by atoms with E-state index in [9.17, 15) is 0 Å². The van der Waals surface area contributed by atoms with Gasteiger partial charge in [-0.3, -0.25) is 0 Å². The topological polar surface area (TPSA) is 47.9 Å². The van der Waals surface area contributed by atoms with Gasteiger partial charge in [-0.2, -0.15) is 0 Å². The van der Waals surface area contributed by atoms with E-state index in [1.54, 1.807) is 21.1 Å². The highest BCUT2D eigenvalue weighted by Gasteiger charge is 1.95. The Kier molecular flexibility index (Phi) is 9.95. The minimum Gasteiger partial charge on any atom is -0.389 e. The quantitative estimate of drug-likeness (QED) is 0.618. The highest BCUT2D eigenvalue weighted by atomic mass is 16.7. The first kappa shape index (κ1) is 15.1. The summed E-state index contributed by atoms with van der Waals surface area (Å²) in [4.78, 5) is 0. The second-order valence-corrected chi connectivity index (χ2v) is 3.10. The summed E-state index contributed by atoms with van der Waals surface area (Å²) >= 11 is 0. The van der Waals surface area contributed by atoms with Crippen LogP contribution in [0.3, 0.4) is 0 Å². The standard InChI is InChI=1S/C8H10O.C4H10O3/c1-7(9)8-5-3-2-4-6-8;1-5-3-7-4-6-2/h2-7,9H,1H3;3-4H2,1-2H3. The number of hydrogen-bond donors (Lipinski definition) is 1. The Morgan fingerprint density at radius 1 is 1.06 bits per heavy atom. The van der Waals surface area contributed by atoms with Gasteiger partial charge in [-0.1, -0.05) is 30.3 Å². The van der Waals surface area contributed by atoms with E-state index in [0.29, 0.717) is 13.6 Å². The number of rotatable bonds is 5. The molecule has 0 saturated heterocycles. The van der Waals surface area contributed by atoms with E-state index >= 15 is 0 Å². The van der Waals surface area contributed by atoms with Crippen LogP contribution in [0.5, 0.6) is 0 Å². The van der Waals surface area contributed by atoms with E-state index in [2.05, 4.69) is 14.2 Å². The van der Waals surface area contributed by atoms with Crippen molar-refractivity contribution in [2.75, 3.05) is 27.8 Å². The van der Waals surface area contributed by atoms with Crippen LogP contribution in [0.25, 0.3) is 0 Å². The average Bonchev–Trinajstić information content (AvgIpc) is 2.32. The fourth-order valence-corrected chi connectivity index (χ4v) is 0.932. The zero-order valence-electron chi connectivity index (χ0n) is 10.1. The summed E-state index contributed by atoms with van der Waals surface area (Å²) in [5, 5.41) is 9.02. The van der Waals surface area contributed by atoms with Crippen LogP contribution in [0.4, 0.5) is 0 Å². The summed E-state index contributed by atoms with van der Waals surface area (Å²) in [7, 11) is 3.13. The molecular weight excluding hydrogens is 208 g/mol. The third-order valence-electron chi connectivity index (χ3n) is 1.68. The van der Waals surface area contributed by atoms with Gasteiger partial charge < -0.3 is 19.3 Å². The molecule has 0 radical (unpaired) electrons. The van der Waals surface area contributed by atoms with Gasteiger partial charge in [0.15, 0.2) is 0 Å². The molecule has 16 heavy (non-hydrogen) atoms. The van der Waals surface area contributed by atoms with Gasteiger partial charge in [-0.15, -0.1) is 0 Å². The molecule has 1 atom stereocenters. The number of hydrogen-bond acceptors (Lipinski definition) is 4. The predicted octanol–water partition coefficient (Wildman–Crippen LogP) is 1.95. The van der Waals surface area contributed by atoms with Crippen LogP contribution in [0.15, 0.2) is 30.3 Å². The lowest BCUT2D eigenvalue weighted by molar-refractivity contribution is -0.107. The lowest BCUT2D eigenvalue weighted by Crippen LogP contribution is -1.98. The van der Waals surface area contributed by atoms with E-state index in [4.69, 9.17) is 5.11 Å². The molecule has 0 aliphatic heterocycles. The number of aliphatic hydroxyl groups is 1. The SMILES string of the molecule is CC(O)c1ccccc1.COCOCOC. The van der Waals surface area contributed by atoms with Crippen LogP contribution in [-0.2, 0) is 14.2 Å². The third kappa shape index (κ3) is 8.38. The van der Waals surface area contributed by atoms with Gasteiger partial charge in [-0.25, -0.2) is 0 Å². The Balaban J connectivity index is 0.000000293. The summed E-state index contributed by atoms with van der Waals surface area (Å²) in [6, 6.07) is 9.59. The van der Waals surface area contributed by atoms with Crippen LogP contribution < -0.4 is 0 Å². The molecule has 0 aliphatic rings. The fourth-order valence-electron chi connectivity index (χ4n) is 0.932. The Bertz CT molecular complexity index is 232. The fraction of sp³-hybridized carbons (Fsp3) is 0.500. The second kappa shape index (κ2) is 10.6. The maximum atomic E-state index is 9.02. The Labute approximate surface area is 96.8 Å². The molecule has 0 saturated carbocycles. The molecule has 1 rings (SSSR count). The largest absolute Gasteiger partial charge is 0.389 e. The summed E-state index contributed by atoms with van der Waals surface area (Å²) in [6.07, 6.45) is -0.341. The van der Waals surface area contributed by atoms with Gasteiger partial charge in [0.05, 0.1) is 6.10 Å². The molecule has 0 aliphatic carbocycles. The summed E-state index contributed by atoms with van der Waals surface area (Å²) in [6.45, 7) is 2.36. The highest BCUT2D eigenvalue weighted by molar-refractivity contribution is 5.16. The minimum atomic E-state index is -0.341. The van der Waals surface area contributed by atoms with Crippen molar-refractivity contribution in [3.63, 3.8) is 0 Å². The van der Waals surface area contributed by atoms with Crippen LogP contribution in [0.1, 0.15) is 18.6 Å². The predicted molar refractivity (Wildman–Crippen MR) is 61.9 cm³/mol. The second-order valence-electron chi connectivity index (χ2n) is 3.10. The number of aliphatic hydroxyl groups excluding tert-OH is 1. The third-order valence-corrected chi connectivity index (χ3v) is 1.68. The van der Waals surface area contributed by atoms with Gasteiger partial charge in [0.25, 0.3) is 0 Å². The Hall–Kier alpha value is -0.940. The van der Waals surface area contributed by atoms with E-state index in [0.717, 1.165) is 5.56 Å². The molecule has 1 aromatic rings. The van der Waals surface area contributed by atoms with Crippen molar-refractivity contribution in [2.45, 2.75) is 13.0 Å².